The highest BCUT2D eigenvalue weighted by atomic mass is 32.1. The van der Waals surface area contributed by atoms with Gasteiger partial charge in [-0.3, -0.25) is 0 Å². The van der Waals surface area contributed by atoms with E-state index in [0.29, 0.717) is 5.56 Å². The van der Waals surface area contributed by atoms with E-state index in [1.54, 1.807) is 35.6 Å². The highest BCUT2D eigenvalue weighted by Crippen LogP contribution is 2.28. The Balaban J connectivity index is 0.000000636. The fourth-order valence-electron chi connectivity index (χ4n) is 3.55. The first-order valence-electron chi connectivity index (χ1n) is 13.1. The second-order valence-corrected chi connectivity index (χ2v) is 9.83. The standard InChI is InChI=1S/C17H25N3.C10H10F2.C5H6S.CH5N/c1-6-9-15(10-7-2)19-17-16(14(5)18)12-11-13(4)20(17)8-3;1-3-8-5-4-6-9(7-8)10(2,11)12;1-5-3-2-4-6-5;1-2/h6-7,9-10H,1,4,8,11-12,18H2,2-3,5H3;3-7H,1H2,2H3;2-4H,1H3;2H2,1H3/b10-7-,15-9+,16-14-,19-17-;;;. The van der Waals surface area contributed by atoms with E-state index in [1.807, 2.05) is 32.1 Å². The van der Waals surface area contributed by atoms with Gasteiger partial charge in [0.05, 0.1) is 5.70 Å². The molecule has 0 saturated carbocycles. The lowest BCUT2D eigenvalue weighted by Crippen LogP contribution is -2.36. The lowest BCUT2D eigenvalue weighted by Gasteiger charge is -2.33. The van der Waals surface area contributed by atoms with Gasteiger partial charge >= 0.3 is 0 Å². The zero-order valence-corrected chi connectivity index (χ0v) is 25.7. The van der Waals surface area contributed by atoms with Gasteiger partial charge in [-0.2, -0.15) is 0 Å². The number of alkyl halides is 2. The second kappa shape index (κ2) is 19.5. The van der Waals surface area contributed by atoms with Crippen molar-refractivity contribution in [3.63, 3.8) is 0 Å². The number of benzene rings is 1. The van der Waals surface area contributed by atoms with Crippen LogP contribution >= 0.6 is 11.3 Å². The summed E-state index contributed by atoms with van der Waals surface area (Å²) in [6.07, 6.45) is 10.9. The van der Waals surface area contributed by atoms with E-state index in [9.17, 15) is 8.78 Å². The molecule has 2 aromatic rings. The average Bonchev–Trinajstić information content (AvgIpc) is 3.41. The molecule has 0 bridgehead atoms. The van der Waals surface area contributed by atoms with Crippen LogP contribution in [0.3, 0.4) is 0 Å². The van der Waals surface area contributed by atoms with Crippen LogP contribution in [0.25, 0.3) is 6.08 Å². The van der Waals surface area contributed by atoms with Gasteiger partial charge in [-0.15, -0.1) is 11.3 Å². The molecular formula is C33H46F2N4S. The van der Waals surface area contributed by atoms with Crippen LogP contribution in [-0.2, 0) is 5.92 Å². The minimum atomic E-state index is -2.76. The van der Waals surface area contributed by atoms with Crippen molar-refractivity contribution in [2.45, 2.75) is 53.4 Å². The van der Waals surface area contributed by atoms with Crippen LogP contribution in [0, 0.1) is 6.92 Å². The van der Waals surface area contributed by atoms with Crippen LogP contribution in [0.4, 0.5) is 8.78 Å². The number of amidine groups is 1. The molecule has 0 aliphatic carbocycles. The minimum Gasteiger partial charge on any atom is -0.402 e. The van der Waals surface area contributed by atoms with Crippen LogP contribution in [-0.4, -0.2) is 24.3 Å². The molecule has 1 aromatic heterocycles. The lowest BCUT2D eigenvalue weighted by molar-refractivity contribution is 0.0174. The molecular weight excluding hydrogens is 522 g/mol. The Kier molecular flexibility index (Phi) is 17.8. The Morgan fingerprint density at radius 1 is 1.18 bits per heavy atom. The lowest BCUT2D eigenvalue weighted by atomic mass is 9.99. The number of nitrogens with zero attached hydrogens (tertiary/aromatic N) is 2. The highest BCUT2D eigenvalue weighted by molar-refractivity contribution is 7.09. The molecule has 2 heterocycles. The Labute approximate surface area is 244 Å². The maximum Gasteiger partial charge on any atom is 0.270 e. The van der Waals surface area contributed by atoms with Crippen LogP contribution in [0.5, 0.6) is 0 Å². The Hall–Kier alpha value is -3.55. The topological polar surface area (TPSA) is 67.6 Å². The first-order valence-corrected chi connectivity index (χ1v) is 14.0. The summed E-state index contributed by atoms with van der Waals surface area (Å²) in [7, 11) is 1.50. The molecule has 7 heteroatoms. The summed E-state index contributed by atoms with van der Waals surface area (Å²) >= 11 is 1.78. The predicted molar refractivity (Wildman–Crippen MR) is 173 cm³/mol. The van der Waals surface area contributed by atoms with Crippen molar-refractivity contribution < 1.29 is 8.78 Å². The Morgan fingerprint density at radius 3 is 2.27 bits per heavy atom. The van der Waals surface area contributed by atoms with Crippen molar-refractivity contribution in [1.82, 2.24) is 4.90 Å². The van der Waals surface area contributed by atoms with Crippen molar-refractivity contribution in [2.24, 2.45) is 16.5 Å². The number of likely N-dealkylation sites (N-methyl/N-ethyl adjacent to an activating group) is 1. The highest BCUT2D eigenvalue weighted by Gasteiger charge is 2.25. The molecule has 0 amide bonds. The van der Waals surface area contributed by atoms with Crippen molar-refractivity contribution >= 4 is 23.2 Å². The van der Waals surface area contributed by atoms with Gasteiger partial charge in [-0.1, -0.05) is 62.2 Å². The zero-order chi connectivity index (χ0) is 30.7. The molecule has 0 radical (unpaired) electrons. The van der Waals surface area contributed by atoms with Crippen LogP contribution < -0.4 is 11.5 Å². The fourth-order valence-corrected chi connectivity index (χ4v) is 4.08. The maximum atomic E-state index is 12.7. The molecule has 0 unspecified atom stereocenters. The Morgan fingerprint density at radius 2 is 1.85 bits per heavy atom. The predicted octanol–water partition coefficient (Wildman–Crippen LogP) is 8.97. The SMILES string of the molecule is C=C/C=C(\C=C/C)/N=C1/C(=C(/C)N)CCC(=C)N1CC.C=Cc1cccc(C(C)(F)F)c1.CN.Cc1cccs1. The average molecular weight is 569 g/mol. The number of aliphatic imine (C=N–C) groups is 1. The number of halogens is 2. The smallest absolute Gasteiger partial charge is 0.270 e. The summed E-state index contributed by atoms with van der Waals surface area (Å²) in [5, 5.41) is 2.08. The van der Waals surface area contributed by atoms with E-state index in [-0.39, 0.29) is 5.56 Å². The van der Waals surface area contributed by atoms with Crippen LogP contribution in [0.2, 0.25) is 0 Å². The van der Waals surface area contributed by atoms with E-state index in [0.717, 1.165) is 54.8 Å². The summed E-state index contributed by atoms with van der Waals surface area (Å²) < 4.78 is 25.5. The third-order valence-corrected chi connectivity index (χ3v) is 6.32. The molecule has 3 rings (SSSR count). The first kappa shape index (κ1) is 36.5. The molecule has 1 aliphatic rings. The third-order valence-electron chi connectivity index (χ3n) is 5.52. The van der Waals surface area contributed by atoms with Crippen LogP contribution in [0.1, 0.15) is 56.5 Å². The number of rotatable bonds is 6. The normalized spacial score (nSPS) is 15.7. The number of hydrogen-bond acceptors (Lipinski definition) is 4. The van der Waals surface area contributed by atoms with Gasteiger partial charge in [-0.25, -0.2) is 13.8 Å². The third kappa shape index (κ3) is 13.0. The number of allylic oxidation sites excluding steroid dienone is 6. The summed E-state index contributed by atoms with van der Waals surface area (Å²) in [4.78, 5) is 8.29. The Bertz CT molecular complexity index is 1180. The van der Waals surface area contributed by atoms with Gasteiger partial charge in [0.2, 0.25) is 0 Å². The molecule has 0 spiro atoms. The van der Waals surface area contributed by atoms with E-state index < -0.39 is 5.92 Å². The maximum absolute atomic E-state index is 12.7. The van der Waals surface area contributed by atoms with Crippen molar-refractivity contribution in [2.75, 3.05) is 13.6 Å². The van der Waals surface area contributed by atoms with Gasteiger partial charge in [0.1, 0.15) is 5.84 Å². The monoisotopic (exact) mass is 568 g/mol. The molecule has 4 nitrogen and oxygen atoms in total. The molecule has 218 valence electrons. The number of nitrogens with two attached hydrogens (primary N) is 2. The molecule has 4 N–H and O–H groups in total. The summed E-state index contributed by atoms with van der Waals surface area (Å²) in [6, 6.07) is 10.3. The van der Waals surface area contributed by atoms with E-state index >= 15 is 0 Å². The number of thiophene rings is 1. The molecule has 0 atom stereocenters. The zero-order valence-electron chi connectivity index (χ0n) is 24.9. The summed E-state index contributed by atoms with van der Waals surface area (Å²) in [6.45, 7) is 21.2. The second-order valence-electron chi connectivity index (χ2n) is 8.68. The van der Waals surface area contributed by atoms with Crippen LogP contribution in [0.15, 0.2) is 113 Å². The number of hydrogen-bond donors (Lipinski definition) is 2. The quantitative estimate of drug-likeness (QED) is 0.342. The number of aryl methyl sites for hydroxylation is 1. The summed E-state index contributed by atoms with van der Waals surface area (Å²) in [5.41, 5.74) is 15.2. The van der Waals surface area contributed by atoms with Crippen molar-refractivity contribution in [3.8, 4) is 0 Å². The molecule has 1 aliphatic heterocycles. The van der Waals surface area contributed by atoms with Gasteiger partial charge in [-0.05, 0) is 82.8 Å². The number of likely N-dealkylation sites (tertiary alicyclic amines) is 1. The largest absolute Gasteiger partial charge is 0.402 e. The fraction of sp³-hybridized carbons (Fsp3) is 0.303. The van der Waals surface area contributed by atoms with E-state index in [1.165, 1.54) is 24.1 Å². The van der Waals surface area contributed by atoms with E-state index in [4.69, 9.17) is 10.7 Å². The van der Waals surface area contributed by atoms with Crippen molar-refractivity contribution in [3.05, 3.63) is 124 Å². The van der Waals surface area contributed by atoms with Gasteiger partial charge in [0.15, 0.2) is 0 Å². The molecule has 1 fully saturated rings. The van der Waals surface area contributed by atoms with E-state index in [2.05, 4.69) is 61.7 Å². The van der Waals surface area contributed by atoms with Gasteiger partial charge in [0.25, 0.3) is 5.92 Å². The van der Waals surface area contributed by atoms with Crippen molar-refractivity contribution in [1.29, 1.82) is 0 Å². The molecule has 1 saturated heterocycles. The minimum absolute atomic E-state index is 0.0277. The molecule has 40 heavy (non-hydrogen) atoms. The van der Waals surface area contributed by atoms with Gasteiger partial charge < -0.3 is 16.4 Å². The number of piperidine rings is 1. The summed E-state index contributed by atoms with van der Waals surface area (Å²) in [5.74, 6) is -1.85. The van der Waals surface area contributed by atoms with Gasteiger partial charge in [0, 0.05) is 40.9 Å². The first-order chi connectivity index (χ1) is 19.0. The molecule has 1 aromatic carbocycles.